The highest BCUT2D eigenvalue weighted by Gasteiger charge is 2.29. The zero-order valence-corrected chi connectivity index (χ0v) is 14.1. The molecule has 1 fully saturated rings. The molecule has 120 valence electrons. The van der Waals surface area contributed by atoms with Gasteiger partial charge in [-0.05, 0) is 44.7 Å². The Morgan fingerprint density at radius 2 is 2.19 bits per heavy atom. The number of furan rings is 1. The Morgan fingerprint density at radius 3 is 2.81 bits per heavy atom. The van der Waals surface area contributed by atoms with Gasteiger partial charge in [-0.1, -0.05) is 13.8 Å². The number of nitrogens with two attached hydrogens (primary N) is 1. The molecule has 2 rings (SSSR count). The van der Waals surface area contributed by atoms with Crippen molar-refractivity contribution >= 4 is 0 Å². The van der Waals surface area contributed by atoms with Gasteiger partial charge < -0.3 is 14.5 Å². The van der Waals surface area contributed by atoms with Crippen LogP contribution in [0.15, 0.2) is 22.8 Å². The molecule has 21 heavy (non-hydrogen) atoms. The van der Waals surface area contributed by atoms with Crippen LogP contribution in [0.3, 0.4) is 0 Å². The van der Waals surface area contributed by atoms with Crippen molar-refractivity contribution in [3.05, 3.63) is 24.2 Å². The third kappa shape index (κ3) is 5.15. The first-order valence-electron chi connectivity index (χ1n) is 8.47. The molecule has 2 atom stereocenters. The zero-order valence-electron chi connectivity index (χ0n) is 14.1. The molecule has 2 heterocycles. The summed E-state index contributed by atoms with van der Waals surface area (Å²) in [5.41, 5.74) is 0.0748. The van der Waals surface area contributed by atoms with Gasteiger partial charge in [0.2, 0.25) is 0 Å². The minimum atomic E-state index is 0.0748. The maximum absolute atomic E-state index is 5.79. The molecule has 0 bridgehead atoms. The highest BCUT2D eigenvalue weighted by molar-refractivity contribution is 5.06. The second-order valence-electron chi connectivity index (χ2n) is 7.43. The lowest BCUT2D eigenvalue weighted by Crippen LogP contribution is -2.86. The number of ether oxygens (including phenoxy) is 1. The molecule has 3 nitrogen and oxygen atoms in total. The van der Waals surface area contributed by atoms with E-state index in [4.69, 9.17) is 9.15 Å². The zero-order chi connectivity index (χ0) is 15.3. The van der Waals surface area contributed by atoms with Gasteiger partial charge in [0.15, 0.2) is 0 Å². The monoisotopic (exact) mass is 294 g/mol. The van der Waals surface area contributed by atoms with E-state index in [0.717, 1.165) is 18.3 Å². The first-order chi connectivity index (χ1) is 9.98. The Morgan fingerprint density at radius 1 is 1.38 bits per heavy atom. The van der Waals surface area contributed by atoms with Gasteiger partial charge in [0.05, 0.1) is 25.0 Å². The van der Waals surface area contributed by atoms with E-state index in [1.807, 2.05) is 6.07 Å². The number of hydrogen-bond acceptors (Lipinski definition) is 2. The maximum atomic E-state index is 5.79. The molecule has 3 heteroatoms. The molecule has 1 aromatic heterocycles. The fourth-order valence-corrected chi connectivity index (χ4v) is 3.52. The molecule has 0 aliphatic carbocycles. The van der Waals surface area contributed by atoms with Gasteiger partial charge in [-0.15, -0.1) is 0 Å². The Labute approximate surface area is 129 Å². The molecule has 1 aromatic rings. The van der Waals surface area contributed by atoms with E-state index in [1.165, 1.54) is 32.4 Å². The lowest BCUT2D eigenvalue weighted by molar-refractivity contribution is -0.662. The fourth-order valence-electron chi connectivity index (χ4n) is 3.52. The summed E-state index contributed by atoms with van der Waals surface area (Å²) in [4.78, 5) is 0. The van der Waals surface area contributed by atoms with Crippen molar-refractivity contribution in [1.29, 1.82) is 0 Å². The van der Waals surface area contributed by atoms with Crippen LogP contribution in [0.2, 0.25) is 0 Å². The van der Waals surface area contributed by atoms with Crippen LogP contribution in [0.4, 0.5) is 0 Å². The van der Waals surface area contributed by atoms with E-state index in [9.17, 15) is 0 Å². The third-order valence-electron chi connectivity index (χ3n) is 4.69. The van der Waals surface area contributed by atoms with Gasteiger partial charge in [0.1, 0.15) is 5.76 Å². The lowest BCUT2D eigenvalue weighted by Gasteiger charge is -2.34. The second-order valence-corrected chi connectivity index (χ2v) is 7.43. The summed E-state index contributed by atoms with van der Waals surface area (Å²) < 4.78 is 11.4. The van der Waals surface area contributed by atoms with Gasteiger partial charge in [-0.2, -0.15) is 0 Å². The van der Waals surface area contributed by atoms with Crippen molar-refractivity contribution in [3.8, 4) is 0 Å². The highest BCUT2D eigenvalue weighted by Crippen LogP contribution is 2.28. The number of rotatable bonds is 7. The van der Waals surface area contributed by atoms with E-state index in [-0.39, 0.29) is 5.60 Å². The minimum absolute atomic E-state index is 0.0748. The molecular formula is C18H32NO2+. The fraction of sp³-hybridized carbons (Fsp3) is 0.778. The highest BCUT2D eigenvalue weighted by atomic mass is 16.5. The van der Waals surface area contributed by atoms with Crippen molar-refractivity contribution in [2.24, 2.45) is 11.8 Å². The molecule has 0 aromatic carbocycles. The summed E-state index contributed by atoms with van der Waals surface area (Å²) >= 11 is 0. The SMILES string of the molecule is CC(C)[C@H](CC[NH2+]C[C@H]1CCOC(C)(C)C1)c1ccco1. The Bertz CT molecular complexity index is 397. The van der Waals surface area contributed by atoms with Crippen molar-refractivity contribution in [2.45, 2.75) is 58.5 Å². The predicted octanol–water partition coefficient (Wildman–Crippen LogP) is 3.18. The van der Waals surface area contributed by atoms with Crippen LogP contribution in [0.25, 0.3) is 0 Å². The van der Waals surface area contributed by atoms with Gasteiger partial charge >= 0.3 is 0 Å². The molecule has 2 N–H and O–H groups in total. The Kier molecular flexibility index (Phi) is 5.88. The molecule has 1 aliphatic rings. The van der Waals surface area contributed by atoms with Crippen molar-refractivity contribution in [1.82, 2.24) is 0 Å². The van der Waals surface area contributed by atoms with Gasteiger partial charge in [-0.3, -0.25) is 0 Å². The molecular weight excluding hydrogens is 262 g/mol. The summed E-state index contributed by atoms with van der Waals surface area (Å²) in [6.45, 7) is 12.3. The van der Waals surface area contributed by atoms with Gasteiger partial charge in [-0.25, -0.2) is 0 Å². The van der Waals surface area contributed by atoms with Crippen molar-refractivity contribution < 1.29 is 14.5 Å². The third-order valence-corrected chi connectivity index (χ3v) is 4.69. The van der Waals surface area contributed by atoms with Crippen LogP contribution in [0.5, 0.6) is 0 Å². The Balaban J connectivity index is 1.71. The summed E-state index contributed by atoms with van der Waals surface area (Å²) in [5.74, 6) is 3.12. The molecule has 0 saturated carbocycles. The van der Waals surface area contributed by atoms with Gasteiger partial charge in [0, 0.05) is 24.9 Å². The van der Waals surface area contributed by atoms with Crippen LogP contribution in [-0.4, -0.2) is 25.3 Å². The van der Waals surface area contributed by atoms with E-state index in [0.29, 0.717) is 11.8 Å². The smallest absolute Gasteiger partial charge is 0.107 e. The first kappa shape index (κ1) is 16.6. The molecule has 0 amide bonds. The van der Waals surface area contributed by atoms with E-state index in [1.54, 1.807) is 6.26 Å². The first-order valence-corrected chi connectivity index (χ1v) is 8.47. The summed E-state index contributed by atoms with van der Waals surface area (Å²) in [5, 5.41) is 2.49. The normalized spacial score (nSPS) is 23.4. The van der Waals surface area contributed by atoms with E-state index < -0.39 is 0 Å². The average molecular weight is 294 g/mol. The summed E-state index contributed by atoms with van der Waals surface area (Å²) in [6.07, 6.45) is 5.39. The number of quaternary nitrogens is 1. The Hall–Kier alpha value is -0.800. The molecule has 0 unspecified atom stereocenters. The molecule has 0 radical (unpaired) electrons. The largest absolute Gasteiger partial charge is 0.469 e. The predicted molar refractivity (Wildman–Crippen MR) is 85.3 cm³/mol. The lowest BCUT2D eigenvalue weighted by atomic mass is 9.88. The standard InChI is InChI=1S/C18H31NO2/c1-14(2)16(17-6-5-10-20-17)7-9-19-13-15-8-11-21-18(3,4)12-15/h5-6,10,14-16,19H,7-9,11-13H2,1-4H3/p+1/t15-,16-/m0/s1. The molecule has 1 aliphatic heterocycles. The maximum Gasteiger partial charge on any atom is 0.107 e. The number of hydrogen-bond donors (Lipinski definition) is 1. The van der Waals surface area contributed by atoms with Gasteiger partial charge in [0.25, 0.3) is 0 Å². The minimum Gasteiger partial charge on any atom is -0.469 e. The van der Waals surface area contributed by atoms with Crippen LogP contribution < -0.4 is 5.32 Å². The van der Waals surface area contributed by atoms with E-state index >= 15 is 0 Å². The van der Waals surface area contributed by atoms with Crippen LogP contribution >= 0.6 is 0 Å². The molecule has 1 saturated heterocycles. The topological polar surface area (TPSA) is 39.0 Å². The van der Waals surface area contributed by atoms with Crippen molar-refractivity contribution in [3.63, 3.8) is 0 Å². The van der Waals surface area contributed by atoms with Crippen LogP contribution in [-0.2, 0) is 4.74 Å². The summed E-state index contributed by atoms with van der Waals surface area (Å²) in [7, 11) is 0. The molecule has 0 spiro atoms. The van der Waals surface area contributed by atoms with Crippen molar-refractivity contribution in [2.75, 3.05) is 19.7 Å². The van der Waals surface area contributed by atoms with E-state index in [2.05, 4.69) is 39.1 Å². The average Bonchev–Trinajstić information content (AvgIpc) is 2.90. The van der Waals surface area contributed by atoms with Crippen LogP contribution in [0.1, 0.15) is 58.6 Å². The summed E-state index contributed by atoms with van der Waals surface area (Å²) in [6, 6.07) is 4.12. The second kappa shape index (κ2) is 7.46. The van der Waals surface area contributed by atoms with Crippen LogP contribution in [0, 0.1) is 11.8 Å². The quantitative estimate of drug-likeness (QED) is 0.785.